The number of carbonyl (C=O) groups excluding carboxylic acids is 1. The van der Waals surface area contributed by atoms with E-state index in [2.05, 4.69) is 19.2 Å². The second kappa shape index (κ2) is 8.39. The lowest BCUT2D eigenvalue weighted by molar-refractivity contribution is 0.101. The van der Waals surface area contributed by atoms with Crippen LogP contribution in [-0.2, 0) is 0 Å². The normalized spacial score (nSPS) is 12.6. The summed E-state index contributed by atoms with van der Waals surface area (Å²) in [7, 11) is 0. The zero-order valence-electron chi connectivity index (χ0n) is 11.0. The largest absolute Gasteiger partial charge is 0.391 e. The summed E-state index contributed by atoms with van der Waals surface area (Å²) in [5.74, 6) is 0.275. The average Bonchev–Trinajstić information content (AvgIpc) is 2.29. The van der Waals surface area contributed by atoms with Crippen molar-refractivity contribution >= 4 is 6.03 Å². The molecular formula is C12H26N2O2. The Hall–Kier alpha value is -0.770. The SMILES string of the molecule is CCC(CC)C(O)CNC(=O)N(CC)CC. The molecule has 0 aromatic rings. The molecule has 2 amide bonds. The van der Waals surface area contributed by atoms with Gasteiger partial charge in [0, 0.05) is 19.6 Å². The predicted octanol–water partition coefficient (Wildman–Crippen LogP) is 1.83. The lowest BCUT2D eigenvalue weighted by Gasteiger charge is -2.23. The molecule has 1 unspecified atom stereocenters. The first-order valence-corrected chi connectivity index (χ1v) is 6.31. The van der Waals surface area contributed by atoms with Crippen LogP contribution < -0.4 is 5.32 Å². The number of amides is 2. The summed E-state index contributed by atoms with van der Waals surface area (Å²) in [5, 5.41) is 12.6. The van der Waals surface area contributed by atoms with Crippen LogP contribution in [0.4, 0.5) is 4.79 Å². The molecular weight excluding hydrogens is 204 g/mol. The van der Waals surface area contributed by atoms with Crippen LogP contribution in [0.15, 0.2) is 0 Å². The smallest absolute Gasteiger partial charge is 0.317 e. The predicted molar refractivity (Wildman–Crippen MR) is 66.4 cm³/mol. The van der Waals surface area contributed by atoms with Gasteiger partial charge in [0.05, 0.1) is 6.10 Å². The molecule has 4 heteroatoms. The van der Waals surface area contributed by atoms with Gasteiger partial charge in [0.15, 0.2) is 0 Å². The first-order chi connectivity index (χ1) is 7.60. The molecule has 0 aliphatic carbocycles. The topological polar surface area (TPSA) is 52.6 Å². The average molecular weight is 230 g/mol. The molecule has 0 rings (SSSR count). The summed E-state index contributed by atoms with van der Waals surface area (Å²) < 4.78 is 0. The van der Waals surface area contributed by atoms with Gasteiger partial charge in [0.2, 0.25) is 0 Å². The number of nitrogens with one attached hydrogen (secondary N) is 1. The molecule has 0 aliphatic heterocycles. The van der Waals surface area contributed by atoms with Crippen molar-refractivity contribution in [3.63, 3.8) is 0 Å². The van der Waals surface area contributed by atoms with Crippen LogP contribution in [-0.4, -0.2) is 41.8 Å². The molecule has 16 heavy (non-hydrogen) atoms. The lowest BCUT2D eigenvalue weighted by Crippen LogP contribution is -2.44. The molecule has 0 spiro atoms. The van der Waals surface area contributed by atoms with Crippen molar-refractivity contribution in [2.45, 2.75) is 46.6 Å². The Kier molecular flexibility index (Phi) is 7.99. The second-order valence-electron chi connectivity index (χ2n) is 4.00. The summed E-state index contributed by atoms with van der Waals surface area (Å²) in [5.41, 5.74) is 0. The Morgan fingerprint density at radius 3 is 2.06 bits per heavy atom. The zero-order valence-corrected chi connectivity index (χ0v) is 11.0. The fourth-order valence-electron chi connectivity index (χ4n) is 1.81. The van der Waals surface area contributed by atoms with E-state index in [-0.39, 0.29) is 11.9 Å². The summed E-state index contributed by atoms with van der Waals surface area (Å²) in [6.45, 7) is 9.75. The third-order valence-electron chi connectivity index (χ3n) is 3.11. The molecule has 96 valence electrons. The molecule has 2 N–H and O–H groups in total. The van der Waals surface area contributed by atoms with Crippen LogP contribution in [0.3, 0.4) is 0 Å². The highest BCUT2D eigenvalue weighted by atomic mass is 16.3. The van der Waals surface area contributed by atoms with E-state index < -0.39 is 6.10 Å². The van der Waals surface area contributed by atoms with Crippen LogP contribution in [0.1, 0.15) is 40.5 Å². The van der Waals surface area contributed by atoms with E-state index in [1.165, 1.54) is 0 Å². The maximum absolute atomic E-state index is 11.6. The summed E-state index contributed by atoms with van der Waals surface area (Å²) >= 11 is 0. The number of hydrogen-bond donors (Lipinski definition) is 2. The van der Waals surface area contributed by atoms with Gasteiger partial charge < -0.3 is 15.3 Å². The molecule has 0 radical (unpaired) electrons. The second-order valence-corrected chi connectivity index (χ2v) is 4.00. The molecule has 0 heterocycles. The van der Waals surface area contributed by atoms with Gasteiger partial charge in [-0.1, -0.05) is 26.7 Å². The Morgan fingerprint density at radius 2 is 1.69 bits per heavy atom. The van der Waals surface area contributed by atoms with E-state index in [1.54, 1.807) is 4.90 Å². The fraction of sp³-hybridized carbons (Fsp3) is 0.917. The standard InChI is InChI=1S/C12H26N2O2/c1-5-10(6-2)11(15)9-13-12(16)14(7-3)8-4/h10-11,15H,5-9H2,1-4H3,(H,13,16). The van der Waals surface area contributed by atoms with Gasteiger partial charge in [-0.2, -0.15) is 0 Å². The summed E-state index contributed by atoms with van der Waals surface area (Å²) in [6.07, 6.45) is 1.45. The monoisotopic (exact) mass is 230 g/mol. The Morgan fingerprint density at radius 1 is 1.19 bits per heavy atom. The Balaban J connectivity index is 3.99. The first kappa shape index (κ1) is 15.2. The fourth-order valence-corrected chi connectivity index (χ4v) is 1.81. The van der Waals surface area contributed by atoms with E-state index in [4.69, 9.17) is 0 Å². The van der Waals surface area contributed by atoms with E-state index in [1.807, 2.05) is 13.8 Å². The maximum Gasteiger partial charge on any atom is 0.317 e. The highest BCUT2D eigenvalue weighted by Crippen LogP contribution is 2.12. The van der Waals surface area contributed by atoms with Gasteiger partial charge in [0.25, 0.3) is 0 Å². The van der Waals surface area contributed by atoms with Crippen LogP contribution in [0.25, 0.3) is 0 Å². The van der Waals surface area contributed by atoms with E-state index >= 15 is 0 Å². The van der Waals surface area contributed by atoms with Gasteiger partial charge in [-0.05, 0) is 19.8 Å². The van der Waals surface area contributed by atoms with Gasteiger partial charge >= 0.3 is 6.03 Å². The van der Waals surface area contributed by atoms with E-state index in [0.717, 1.165) is 12.8 Å². The minimum atomic E-state index is -0.436. The van der Waals surface area contributed by atoms with Crippen molar-refractivity contribution in [3.05, 3.63) is 0 Å². The van der Waals surface area contributed by atoms with Gasteiger partial charge in [0.1, 0.15) is 0 Å². The van der Waals surface area contributed by atoms with Crippen molar-refractivity contribution in [2.24, 2.45) is 5.92 Å². The van der Waals surface area contributed by atoms with Crippen molar-refractivity contribution in [1.82, 2.24) is 10.2 Å². The molecule has 0 saturated heterocycles. The van der Waals surface area contributed by atoms with E-state index in [9.17, 15) is 9.90 Å². The minimum absolute atomic E-state index is 0.0880. The number of aliphatic hydroxyl groups excluding tert-OH is 1. The lowest BCUT2D eigenvalue weighted by atomic mass is 9.97. The highest BCUT2D eigenvalue weighted by molar-refractivity contribution is 5.74. The Bertz CT molecular complexity index is 189. The van der Waals surface area contributed by atoms with Gasteiger partial charge in [-0.3, -0.25) is 0 Å². The highest BCUT2D eigenvalue weighted by Gasteiger charge is 2.17. The maximum atomic E-state index is 11.6. The number of nitrogens with zero attached hydrogens (tertiary/aromatic N) is 1. The van der Waals surface area contributed by atoms with Gasteiger partial charge in [-0.15, -0.1) is 0 Å². The van der Waals surface area contributed by atoms with Crippen LogP contribution in [0, 0.1) is 5.92 Å². The van der Waals surface area contributed by atoms with Crippen LogP contribution >= 0.6 is 0 Å². The third-order valence-corrected chi connectivity index (χ3v) is 3.11. The number of carbonyl (C=O) groups is 1. The third kappa shape index (κ3) is 4.84. The van der Waals surface area contributed by atoms with Crippen molar-refractivity contribution in [3.8, 4) is 0 Å². The Labute approximate surface area is 99.0 Å². The van der Waals surface area contributed by atoms with Crippen molar-refractivity contribution in [1.29, 1.82) is 0 Å². The van der Waals surface area contributed by atoms with Crippen LogP contribution in [0.5, 0.6) is 0 Å². The molecule has 0 fully saturated rings. The summed E-state index contributed by atoms with van der Waals surface area (Å²) in [4.78, 5) is 13.3. The van der Waals surface area contributed by atoms with Crippen molar-refractivity contribution < 1.29 is 9.90 Å². The number of urea groups is 1. The molecule has 0 saturated carbocycles. The van der Waals surface area contributed by atoms with Crippen LogP contribution in [0.2, 0.25) is 0 Å². The van der Waals surface area contributed by atoms with Crippen molar-refractivity contribution in [2.75, 3.05) is 19.6 Å². The minimum Gasteiger partial charge on any atom is -0.391 e. The first-order valence-electron chi connectivity index (χ1n) is 6.31. The van der Waals surface area contributed by atoms with Gasteiger partial charge in [-0.25, -0.2) is 4.79 Å². The molecule has 0 aliphatic rings. The quantitative estimate of drug-likeness (QED) is 0.701. The number of aliphatic hydroxyl groups is 1. The molecule has 1 atom stereocenters. The molecule has 4 nitrogen and oxygen atoms in total. The zero-order chi connectivity index (χ0) is 12.6. The molecule has 0 aromatic carbocycles. The molecule has 0 bridgehead atoms. The molecule has 0 aromatic heterocycles. The number of hydrogen-bond acceptors (Lipinski definition) is 2. The number of rotatable bonds is 7. The summed E-state index contributed by atoms with van der Waals surface area (Å²) in [6, 6.07) is -0.0880. The van der Waals surface area contributed by atoms with E-state index in [0.29, 0.717) is 19.6 Å².